The number of nitrogens with zero attached hydrogens (tertiary/aromatic N) is 1. The highest BCUT2D eigenvalue weighted by Crippen LogP contribution is 2.20. The summed E-state index contributed by atoms with van der Waals surface area (Å²) in [5.74, 6) is 0.120. The van der Waals surface area contributed by atoms with E-state index in [1.54, 1.807) is 12.1 Å². The van der Waals surface area contributed by atoms with Gasteiger partial charge in [0.05, 0.1) is 0 Å². The van der Waals surface area contributed by atoms with E-state index in [4.69, 9.17) is 0 Å². The van der Waals surface area contributed by atoms with Crippen LogP contribution in [0.25, 0.3) is 0 Å². The zero-order chi connectivity index (χ0) is 22.5. The molecule has 168 valence electrons. The third kappa shape index (κ3) is 9.39. The number of benzene rings is 2. The number of allylic oxidation sites excluding steroid dienone is 1. The molecule has 0 aromatic heterocycles. The van der Waals surface area contributed by atoms with Crippen LogP contribution in [0.15, 0.2) is 72.3 Å². The fraction of sp³-hybridized carbons (Fsp3) is 0.444. The Balaban J connectivity index is 0.000000225. The van der Waals surface area contributed by atoms with Crippen molar-refractivity contribution in [2.24, 2.45) is 5.92 Å². The molecule has 2 N–H and O–H groups in total. The molecule has 31 heavy (non-hydrogen) atoms. The number of piperidine rings is 1. The Morgan fingerprint density at radius 2 is 1.65 bits per heavy atom. The smallest absolute Gasteiger partial charge is 0.330 e. The van der Waals surface area contributed by atoms with Crippen LogP contribution in [0.5, 0.6) is 0 Å². The molecule has 0 aliphatic carbocycles. The van der Waals surface area contributed by atoms with Crippen LogP contribution < -0.4 is 5.32 Å². The van der Waals surface area contributed by atoms with Gasteiger partial charge in [-0.2, -0.15) is 0 Å². The number of carboxylic acid groups (broad SMARTS) is 1. The molecule has 0 saturated carbocycles. The van der Waals surface area contributed by atoms with Gasteiger partial charge in [-0.15, -0.1) is 0 Å². The summed E-state index contributed by atoms with van der Waals surface area (Å²) in [5, 5.41) is 12.2. The van der Waals surface area contributed by atoms with Crippen LogP contribution in [-0.4, -0.2) is 35.6 Å². The molecule has 1 atom stereocenters. The number of carboxylic acids is 1. The first-order valence-electron chi connectivity index (χ1n) is 11.4. The molecular formula is C27H38N2O2. The highest BCUT2D eigenvalue weighted by Gasteiger charge is 2.19. The minimum Gasteiger partial charge on any atom is -0.479 e. The summed E-state index contributed by atoms with van der Waals surface area (Å²) < 4.78 is 0. The van der Waals surface area contributed by atoms with Gasteiger partial charge in [-0.3, -0.25) is 0 Å². The average Bonchev–Trinajstić information content (AvgIpc) is 2.79. The van der Waals surface area contributed by atoms with Crippen LogP contribution in [0.1, 0.15) is 58.1 Å². The van der Waals surface area contributed by atoms with Crippen LogP contribution in [0.2, 0.25) is 0 Å². The van der Waals surface area contributed by atoms with Gasteiger partial charge in [0.2, 0.25) is 0 Å². The van der Waals surface area contributed by atoms with Crippen LogP contribution in [0, 0.1) is 5.92 Å². The van der Waals surface area contributed by atoms with Crippen LogP contribution in [0.4, 0.5) is 5.69 Å². The molecule has 0 radical (unpaired) electrons. The zero-order valence-corrected chi connectivity index (χ0v) is 19.3. The lowest BCUT2D eigenvalue weighted by molar-refractivity contribution is -0.138. The maximum absolute atomic E-state index is 11.2. The average molecular weight is 423 g/mol. The van der Waals surface area contributed by atoms with Gasteiger partial charge in [-0.1, -0.05) is 73.5 Å². The summed E-state index contributed by atoms with van der Waals surface area (Å²) in [4.78, 5) is 13.9. The highest BCUT2D eigenvalue weighted by molar-refractivity contribution is 5.79. The van der Waals surface area contributed by atoms with Gasteiger partial charge in [0.25, 0.3) is 0 Å². The first kappa shape index (κ1) is 24.7. The zero-order valence-electron chi connectivity index (χ0n) is 19.3. The van der Waals surface area contributed by atoms with Crippen LogP contribution >= 0.6 is 0 Å². The van der Waals surface area contributed by atoms with Gasteiger partial charge in [-0.25, -0.2) is 4.79 Å². The van der Waals surface area contributed by atoms with Crippen molar-refractivity contribution in [1.29, 1.82) is 0 Å². The van der Waals surface area contributed by atoms with E-state index in [0.29, 0.717) is 0 Å². The van der Waals surface area contributed by atoms with E-state index in [2.05, 4.69) is 37.1 Å². The second-order valence-corrected chi connectivity index (χ2v) is 8.46. The number of likely N-dealkylation sites (tertiary alicyclic amines) is 1. The van der Waals surface area contributed by atoms with Gasteiger partial charge in [0, 0.05) is 12.2 Å². The maximum Gasteiger partial charge on any atom is 0.330 e. The topological polar surface area (TPSA) is 52.6 Å². The Morgan fingerprint density at radius 3 is 2.16 bits per heavy atom. The summed E-state index contributed by atoms with van der Waals surface area (Å²) in [6.07, 6.45) is 7.81. The van der Waals surface area contributed by atoms with Gasteiger partial charge < -0.3 is 15.3 Å². The van der Waals surface area contributed by atoms with Gasteiger partial charge in [-0.05, 0) is 69.8 Å². The van der Waals surface area contributed by atoms with Crippen molar-refractivity contribution >= 4 is 11.7 Å². The van der Waals surface area contributed by atoms with Crippen molar-refractivity contribution in [2.45, 2.75) is 52.5 Å². The number of para-hydroxylation sites is 1. The normalized spacial score (nSPS) is 15.3. The number of carbonyl (C=O) groups is 1. The number of rotatable bonds is 8. The monoisotopic (exact) mass is 422 g/mol. The van der Waals surface area contributed by atoms with Gasteiger partial charge in [0.15, 0.2) is 6.04 Å². The molecule has 1 unspecified atom stereocenters. The Labute approximate surface area is 188 Å². The number of nitrogens with one attached hydrogen (secondary N) is 1. The number of hydrogen-bond acceptors (Lipinski definition) is 3. The van der Waals surface area contributed by atoms with E-state index < -0.39 is 12.0 Å². The van der Waals surface area contributed by atoms with E-state index in [0.717, 1.165) is 17.2 Å². The quantitative estimate of drug-likeness (QED) is 0.484. The third-order valence-corrected chi connectivity index (χ3v) is 5.75. The molecule has 2 aromatic rings. The Morgan fingerprint density at radius 1 is 1.06 bits per heavy atom. The van der Waals surface area contributed by atoms with Crippen LogP contribution in [-0.2, 0) is 4.79 Å². The SMILES string of the molecule is CCC1CCN(CCC=C(C)C)CC1.O=C(O)C(Nc1ccccc1)c1ccccc1. The van der Waals surface area contributed by atoms with Gasteiger partial charge >= 0.3 is 5.97 Å². The van der Waals surface area contributed by atoms with Crippen molar-refractivity contribution < 1.29 is 9.90 Å². The lowest BCUT2D eigenvalue weighted by atomic mass is 9.94. The van der Waals surface area contributed by atoms with Crippen LogP contribution in [0.3, 0.4) is 0 Å². The predicted molar refractivity (Wildman–Crippen MR) is 130 cm³/mol. The second-order valence-electron chi connectivity index (χ2n) is 8.46. The molecule has 3 rings (SSSR count). The van der Waals surface area contributed by atoms with Crippen molar-refractivity contribution in [1.82, 2.24) is 4.90 Å². The Kier molecular flexibility index (Phi) is 10.9. The lowest BCUT2D eigenvalue weighted by Gasteiger charge is -2.31. The molecule has 4 nitrogen and oxygen atoms in total. The van der Waals surface area contributed by atoms with Crippen molar-refractivity contribution in [3.63, 3.8) is 0 Å². The third-order valence-electron chi connectivity index (χ3n) is 5.75. The summed E-state index contributed by atoms with van der Waals surface area (Å²) in [6.45, 7) is 10.6. The Bertz CT molecular complexity index is 777. The lowest BCUT2D eigenvalue weighted by Crippen LogP contribution is -2.34. The summed E-state index contributed by atoms with van der Waals surface area (Å²) >= 11 is 0. The molecule has 0 amide bonds. The minimum absolute atomic E-state index is 0.724. The standard InChI is InChI=1S/C14H13NO2.C13H25N/c16-14(17)13(11-7-3-1-4-8-11)15-12-9-5-2-6-10-12;1-4-13-7-10-14(11-8-13)9-5-6-12(2)3/h1-10,13,15H,(H,16,17);6,13H,4-5,7-11H2,1-3H3. The molecule has 1 saturated heterocycles. The van der Waals surface area contributed by atoms with Crippen molar-refractivity contribution in [3.8, 4) is 0 Å². The summed E-state index contributed by atoms with van der Waals surface area (Å²) in [7, 11) is 0. The molecular weight excluding hydrogens is 384 g/mol. The molecule has 1 aliphatic heterocycles. The number of hydrogen-bond donors (Lipinski definition) is 2. The maximum atomic E-state index is 11.2. The molecule has 1 aliphatic rings. The van der Waals surface area contributed by atoms with E-state index in [1.807, 2.05) is 48.5 Å². The molecule has 0 spiro atoms. The first-order chi connectivity index (χ1) is 15.0. The van der Waals surface area contributed by atoms with E-state index >= 15 is 0 Å². The first-order valence-corrected chi connectivity index (χ1v) is 11.4. The molecule has 4 heteroatoms. The summed E-state index contributed by atoms with van der Waals surface area (Å²) in [5.41, 5.74) is 2.99. The fourth-order valence-electron chi connectivity index (χ4n) is 3.79. The molecule has 0 bridgehead atoms. The predicted octanol–water partition coefficient (Wildman–Crippen LogP) is 6.39. The molecule has 1 fully saturated rings. The molecule has 1 heterocycles. The largest absolute Gasteiger partial charge is 0.479 e. The minimum atomic E-state index is -0.889. The summed E-state index contributed by atoms with van der Waals surface area (Å²) in [6, 6.07) is 17.7. The van der Waals surface area contributed by atoms with E-state index in [-0.39, 0.29) is 0 Å². The van der Waals surface area contributed by atoms with Crippen molar-refractivity contribution in [2.75, 3.05) is 25.0 Å². The van der Waals surface area contributed by atoms with E-state index in [1.165, 1.54) is 50.9 Å². The number of anilines is 1. The highest BCUT2D eigenvalue weighted by atomic mass is 16.4. The van der Waals surface area contributed by atoms with Crippen molar-refractivity contribution in [3.05, 3.63) is 77.9 Å². The number of aliphatic carboxylic acids is 1. The van der Waals surface area contributed by atoms with Gasteiger partial charge in [0.1, 0.15) is 0 Å². The Hall–Kier alpha value is -2.59. The second kappa shape index (κ2) is 13.7. The fourth-order valence-corrected chi connectivity index (χ4v) is 3.79. The van der Waals surface area contributed by atoms with E-state index in [9.17, 15) is 9.90 Å². The molecule has 2 aromatic carbocycles.